The maximum Gasteiger partial charge on any atom is 0.160 e. The third kappa shape index (κ3) is 1.24. The Balaban J connectivity index is 2.55. The normalized spacial score (nSPS) is 10.0. The Morgan fingerprint density at radius 3 is 3.00 bits per heavy atom. The average Bonchev–Trinajstić information content (AvgIpc) is 2.56. The van der Waals surface area contributed by atoms with Crippen LogP contribution in [0.1, 0.15) is 0 Å². The Labute approximate surface area is 72.9 Å². The molecule has 6 heteroatoms. The Morgan fingerprint density at radius 2 is 2.33 bits per heavy atom. The van der Waals surface area contributed by atoms with Crippen LogP contribution >= 0.6 is 12.2 Å². The zero-order chi connectivity index (χ0) is 8.39. The molecule has 0 aliphatic heterocycles. The molecule has 0 unspecified atom stereocenters. The second-order valence-electron chi connectivity index (χ2n) is 2.14. The van der Waals surface area contributed by atoms with E-state index in [2.05, 4.69) is 25.4 Å². The van der Waals surface area contributed by atoms with Crippen molar-refractivity contribution in [1.82, 2.24) is 25.4 Å². The van der Waals surface area contributed by atoms with E-state index in [4.69, 9.17) is 12.2 Å². The molecule has 0 aromatic carbocycles. The number of nitrogens with zero attached hydrogens (tertiary/aromatic N) is 3. The summed E-state index contributed by atoms with van der Waals surface area (Å²) in [6.45, 7) is 0. The van der Waals surface area contributed by atoms with Crippen LogP contribution < -0.4 is 0 Å². The van der Waals surface area contributed by atoms with Gasteiger partial charge in [-0.05, 0) is 6.07 Å². The molecule has 5 nitrogen and oxygen atoms in total. The summed E-state index contributed by atoms with van der Waals surface area (Å²) in [5.41, 5.74) is 0.654. The number of rotatable bonds is 1. The number of aromatic amines is 2. The summed E-state index contributed by atoms with van der Waals surface area (Å²) in [7, 11) is 0. The van der Waals surface area contributed by atoms with Crippen molar-refractivity contribution in [2.75, 3.05) is 0 Å². The lowest BCUT2D eigenvalue weighted by molar-refractivity contribution is 0.938. The molecule has 60 valence electrons. The number of hydrogen-bond acceptors (Lipinski definition) is 4. The van der Waals surface area contributed by atoms with Crippen LogP contribution in [0.5, 0.6) is 0 Å². The summed E-state index contributed by atoms with van der Waals surface area (Å²) in [4.78, 5) is 6.93. The molecule has 0 aliphatic carbocycles. The van der Waals surface area contributed by atoms with E-state index in [-0.39, 0.29) is 0 Å². The van der Waals surface area contributed by atoms with Crippen molar-refractivity contribution in [3.05, 3.63) is 23.1 Å². The number of hydrogen-bond donors (Lipinski definition) is 2. The van der Waals surface area contributed by atoms with Gasteiger partial charge in [0.15, 0.2) is 5.82 Å². The first-order valence-corrected chi connectivity index (χ1v) is 3.68. The lowest BCUT2D eigenvalue weighted by atomic mass is 10.4. The predicted molar refractivity (Wildman–Crippen MR) is 44.8 cm³/mol. The minimum atomic E-state index is 0.622. The maximum absolute atomic E-state index is 4.92. The molecular weight excluding hydrogens is 174 g/mol. The predicted octanol–water partition coefficient (Wildman–Crippen LogP) is 0.924. The molecule has 0 radical (unpaired) electrons. The molecule has 2 N–H and O–H groups in total. The van der Waals surface area contributed by atoms with Gasteiger partial charge in [0.1, 0.15) is 10.3 Å². The van der Waals surface area contributed by atoms with E-state index >= 15 is 0 Å². The molecule has 2 aromatic heterocycles. The maximum atomic E-state index is 4.92. The molecule has 2 heterocycles. The van der Waals surface area contributed by atoms with Crippen molar-refractivity contribution in [3.63, 3.8) is 0 Å². The second-order valence-corrected chi connectivity index (χ2v) is 2.58. The molecule has 2 aromatic rings. The molecule has 0 amide bonds. The fourth-order valence-corrected chi connectivity index (χ4v) is 0.974. The van der Waals surface area contributed by atoms with E-state index in [1.54, 1.807) is 18.5 Å². The van der Waals surface area contributed by atoms with Crippen LogP contribution in [0.3, 0.4) is 0 Å². The lowest BCUT2D eigenvalue weighted by Crippen LogP contribution is -1.87. The van der Waals surface area contributed by atoms with Crippen LogP contribution in [0.25, 0.3) is 11.5 Å². The van der Waals surface area contributed by atoms with Crippen molar-refractivity contribution in [2.45, 2.75) is 0 Å². The summed E-state index contributed by atoms with van der Waals surface area (Å²) in [5.74, 6) is 0.622. The van der Waals surface area contributed by atoms with Crippen LogP contribution in [0.15, 0.2) is 18.5 Å². The smallest absolute Gasteiger partial charge is 0.160 e. The first-order valence-electron chi connectivity index (χ1n) is 3.28. The summed E-state index contributed by atoms with van der Waals surface area (Å²) in [5, 5.41) is 10.0. The summed E-state index contributed by atoms with van der Waals surface area (Å²) in [6.07, 6.45) is 3.20. The molecule has 0 saturated heterocycles. The Morgan fingerprint density at radius 1 is 1.42 bits per heavy atom. The Hall–Kier alpha value is -1.56. The molecule has 0 aliphatic rings. The van der Waals surface area contributed by atoms with Crippen molar-refractivity contribution >= 4 is 12.2 Å². The fourth-order valence-electron chi connectivity index (χ4n) is 0.816. The molecule has 0 saturated carbocycles. The Kier molecular flexibility index (Phi) is 1.67. The summed E-state index contributed by atoms with van der Waals surface area (Å²) >= 11 is 4.92. The molecule has 0 bridgehead atoms. The quantitative estimate of drug-likeness (QED) is 0.639. The van der Waals surface area contributed by atoms with Gasteiger partial charge in [-0.25, -0.2) is 4.98 Å². The molecule has 0 atom stereocenters. The van der Waals surface area contributed by atoms with Gasteiger partial charge in [-0.15, -0.1) is 0 Å². The van der Waals surface area contributed by atoms with Gasteiger partial charge in [0.2, 0.25) is 0 Å². The molecule has 0 spiro atoms. The number of aromatic nitrogens is 5. The molecule has 0 fully saturated rings. The van der Waals surface area contributed by atoms with Crippen molar-refractivity contribution in [2.24, 2.45) is 0 Å². The second kappa shape index (κ2) is 2.82. The van der Waals surface area contributed by atoms with Crippen LogP contribution in [-0.4, -0.2) is 25.4 Å². The van der Waals surface area contributed by atoms with E-state index in [0.717, 1.165) is 0 Å². The standard InChI is InChI=1S/C6H5N5S/c12-5-1-2-7-6(9-5)4-3-8-11-10-4/h1-3H,(H,7,9,12)(H,8,10,11). The van der Waals surface area contributed by atoms with Gasteiger partial charge in [0.25, 0.3) is 0 Å². The first-order chi connectivity index (χ1) is 5.86. The van der Waals surface area contributed by atoms with Gasteiger partial charge in [-0.2, -0.15) is 15.4 Å². The fraction of sp³-hybridized carbons (Fsp3) is 0. The van der Waals surface area contributed by atoms with Gasteiger partial charge < -0.3 is 4.98 Å². The number of nitrogens with one attached hydrogen (secondary N) is 2. The summed E-state index contributed by atoms with van der Waals surface area (Å²) < 4.78 is 0.628. The molecule has 12 heavy (non-hydrogen) atoms. The largest absolute Gasteiger partial charge is 0.329 e. The zero-order valence-electron chi connectivity index (χ0n) is 5.98. The van der Waals surface area contributed by atoms with Crippen LogP contribution in [0, 0.1) is 4.64 Å². The van der Waals surface area contributed by atoms with Crippen molar-refractivity contribution in [1.29, 1.82) is 0 Å². The van der Waals surface area contributed by atoms with E-state index in [1.807, 2.05) is 0 Å². The highest BCUT2D eigenvalue weighted by atomic mass is 32.1. The van der Waals surface area contributed by atoms with Crippen molar-refractivity contribution in [3.8, 4) is 11.5 Å². The van der Waals surface area contributed by atoms with Gasteiger partial charge in [-0.1, -0.05) is 12.2 Å². The monoisotopic (exact) mass is 179 g/mol. The van der Waals surface area contributed by atoms with Gasteiger partial charge in [0, 0.05) is 6.20 Å². The van der Waals surface area contributed by atoms with E-state index in [9.17, 15) is 0 Å². The Bertz CT molecular complexity index is 418. The minimum Gasteiger partial charge on any atom is -0.329 e. The van der Waals surface area contributed by atoms with E-state index in [0.29, 0.717) is 16.2 Å². The topological polar surface area (TPSA) is 70.2 Å². The van der Waals surface area contributed by atoms with Gasteiger partial charge in [0.05, 0.1) is 6.20 Å². The highest BCUT2D eigenvalue weighted by molar-refractivity contribution is 7.71. The highest BCUT2D eigenvalue weighted by Crippen LogP contribution is 2.06. The first kappa shape index (κ1) is 7.11. The molecular formula is C6H5N5S. The third-order valence-corrected chi connectivity index (χ3v) is 1.57. The minimum absolute atomic E-state index is 0.622. The number of H-pyrrole nitrogens is 2. The zero-order valence-corrected chi connectivity index (χ0v) is 6.80. The van der Waals surface area contributed by atoms with Crippen LogP contribution in [0.2, 0.25) is 0 Å². The van der Waals surface area contributed by atoms with Crippen LogP contribution in [-0.2, 0) is 0 Å². The van der Waals surface area contributed by atoms with Crippen LogP contribution in [0.4, 0.5) is 0 Å². The SMILES string of the molecule is S=c1ccnc(-c2cn[nH]n2)[nH]1. The van der Waals surface area contributed by atoms with E-state index in [1.165, 1.54) is 0 Å². The lowest BCUT2D eigenvalue weighted by Gasteiger charge is -1.92. The highest BCUT2D eigenvalue weighted by Gasteiger charge is 2.00. The van der Waals surface area contributed by atoms with E-state index < -0.39 is 0 Å². The van der Waals surface area contributed by atoms with Gasteiger partial charge >= 0.3 is 0 Å². The summed E-state index contributed by atoms with van der Waals surface area (Å²) in [6, 6.07) is 1.71. The third-order valence-electron chi connectivity index (χ3n) is 1.33. The van der Waals surface area contributed by atoms with Crippen molar-refractivity contribution < 1.29 is 0 Å². The average molecular weight is 179 g/mol. The van der Waals surface area contributed by atoms with Gasteiger partial charge in [-0.3, -0.25) is 0 Å². The molecule has 2 rings (SSSR count).